The Morgan fingerprint density at radius 2 is 1.46 bits per heavy atom. The molecule has 0 radical (unpaired) electrons. The third-order valence-electron chi connectivity index (χ3n) is 4.54. The van der Waals surface area contributed by atoms with E-state index in [1.807, 2.05) is 71.9 Å². The van der Waals surface area contributed by atoms with Crippen molar-refractivity contribution in [3.63, 3.8) is 0 Å². The van der Waals surface area contributed by atoms with Gasteiger partial charge in [-0.2, -0.15) is 13.2 Å². The minimum atomic E-state index is -5.30. The van der Waals surface area contributed by atoms with Crippen LogP contribution in [0, 0.1) is 10.8 Å². The van der Waals surface area contributed by atoms with Crippen LogP contribution in [0.4, 0.5) is 18.0 Å². The topological polar surface area (TPSA) is 103 Å². The van der Waals surface area contributed by atoms with E-state index in [1.165, 1.54) is 0 Å². The number of rotatable bonds is 9. The van der Waals surface area contributed by atoms with Gasteiger partial charge >= 0.3 is 24.2 Å². The first-order valence-electron chi connectivity index (χ1n) is 11.2. The van der Waals surface area contributed by atoms with Gasteiger partial charge in [0.2, 0.25) is 0 Å². The Labute approximate surface area is 203 Å². The van der Waals surface area contributed by atoms with Gasteiger partial charge in [0.15, 0.2) is 0 Å². The second kappa shape index (κ2) is 12.8. The molecule has 0 spiro atoms. The maximum atomic E-state index is 12.4. The normalized spacial score (nSPS) is 14.0. The summed E-state index contributed by atoms with van der Waals surface area (Å²) in [6.07, 6.45) is -5.29. The van der Waals surface area contributed by atoms with Crippen LogP contribution in [-0.4, -0.2) is 42.8 Å². The lowest BCUT2D eigenvalue weighted by Crippen LogP contribution is -2.50. The monoisotopic (exact) mass is 504 g/mol. The summed E-state index contributed by atoms with van der Waals surface area (Å²) in [5, 5.41) is 5.68. The standard InChI is InChI=1S/C24H35F3N2O6/c1-22(2,3)12-17(29-21(32)33-15-16-10-8-7-9-11-16)14-28-18(13-23(4,5)6)19(30)34-35-20(31)24(25,26)27/h7-11,17-18,28H,12-15H2,1-6H3,(H,29,32)/t17-,18?/m1/s1. The highest BCUT2D eigenvalue weighted by Gasteiger charge is 2.43. The quantitative estimate of drug-likeness (QED) is 0.372. The number of carbonyl (C=O) groups excluding carboxylic acids is 3. The molecule has 0 fully saturated rings. The third-order valence-corrected chi connectivity index (χ3v) is 4.54. The van der Waals surface area contributed by atoms with Crippen molar-refractivity contribution >= 4 is 18.0 Å². The average Bonchev–Trinajstić information content (AvgIpc) is 2.71. The van der Waals surface area contributed by atoms with Crippen LogP contribution >= 0.6 is 0 Å². The first-order valence-corrected chi connectivity index (χ1v) is 11.2. The number of amides is 1. The summed E-state index contributed by atoms with van der Waals surface area (Å²) in [6.45, 7) is 11.5. The zero-order chi connectivity index (χ0) is 26.9. The van der Waals surface area contributed by atoms with Crippen LogP contribution in [0.1, 0.15) is 59.9 Å². The summed E-state index contributed by atoms with van der Waals surface area (Å²) in [5.74, 6) is -3.81. The van der Waals surface area contributed by atoms with E-state index in [9.17, 15) is 27.6 Å². The number of halogens is 3. The highest BCUT2D eigenvalue weighted by atomic mass is 19.4. The summed E-state index contributed by atoms with van der Waals surface area (Å²) in [4.78, 5) is 43.4. The summed E-state index contributed by atoms with van der Waals surface area (Å²) >= 11 is 0. The molecule has 2 atom stereocenters. The molecule has 0 saturated heterocycles. The van der Waals surface area contributed by atoms with E-state index in [2.05, 4.69) is 20.4 Å². The maximum absolute atomic E-state index is 12.4. The molecule has 198 valence electrons. The Hall–Kier alpha value is -2.82. The zero-order valence-electron chi connectivity index (χ0n) is 21.0. The number of alkyl carbamates (subject to hydrolysis) is 1. The SMILES string of the molecule is CC(C)(C)CC(NC[C@@H](CC(C)(C)C)NC(=O)OCc1ccccc1)C(=O)OOC(=O)C(F)(F)F. The molecule has 0 bridgehead atoms. The molecule has 2 N–H and O–H groups in total. The summed E-state index contributed by atoms with van der Waals surface area (Å²) in [6, 6.07) is 7.54. The number of alkyl halides is 3. The van der Waals surface area contributed by atoms with E-state index in [0.29, 0.717) is 6.42 Å². The Kier molecular flexibility index (Phi) is 11.0. The first kappa shape index (κ1) is 30.2. The van der Waals surface area contributed by atoms with Gasteiger partial charge in [0.25, 0.3) is 0 Å². The van der Waals surface area contributed by atoms with Crippen molar-refractivity contribution < 1.29 is 42.1 Å². The first-order chi connectivity index (χ1) is 16.0. The molecule has 0 heterocycles. The molecule has 1 amide bonds. The van der Waals surface area contributed by atoms with Gasteiger partial charge in [0.05, 0.1) is 0 Å². The van der Waals surface area contributed by atoms with Crippen LogP contribution in [0.25, 0.3) is 0 Å². The second-order valence-corrected chi connectivity index (χ2v) is 10.7. The lowest BCUT2D eigenvalue weighted by atomic mass is 9.86. The highest BCUT2D eigenvalue weighted by Crippen LogP contribution is 2.24. The van der Waals surface area contributed by atoms with Gasteiger partial charge in [0.1, 0.15) is 12.6 Å². The van der Waals surface area contributed by atoms with Crippen molar-refractivity contribution in [2.45, 2.75) is 79.3 Å². The van der Waals surface area contributed by atoms with Crippen molar-refractivity contribution in [2.75, 3.05) is 6.54 Å². The highest BCUT2D eigenvalue weighted by molar-refractivity contribution is 5.79. The Balaban J connectivity index is 2.81. The van der Waals surface area contributed by atoms with E-state index < -0.39 is 41.7 Å². The second-order valence-electron chi connectivity index (χ2n) is 10.7. The molecule has 1 rings (SSSR count). The number of carbonyl (C=O) groups is 3. The van der Waals surface area contributed by atoms with Gasteiger partial charge in [-0.25, -0.2) is 24.2 Å². The number of benzene rings is 1. The Morgan fingerprint density at radius 1 is 0.886 bits per heavy atom. The van der Waals surface area contributed by atoms with Crippen molar-refractivity contribution in [2.24, 2.45) is 10.8 Å². The van der Waals surface area contributed by atoms with Crippen LogP contribution in [0.5, 0.6) is 0 Å². The largest absolute Gasteiger partial charge is 0.495 e. The van der Waals surface area contributed by atoms with Crippen molar-refractivity contribution in [1.29, 1.82) is 0 Å². The van der Waals surface area contributed by atoms with Crippen LogP contribution in [0.15, 0.2) is 30.3 Å². The van der Waals surface area contributed by atoms with E-state index in [4.69, 9.17) is 4.74 Å². The smallest absolute Gasteiger partial charge is 0.445 e. The number of ether oxygens (including phenoxy) is 1. The van der Waals surface area contributed by atoms with Crippen LogP contribution in [0.2, 0.25) is 0 Å². The van der Waals surface area contributed by atoms with Crippen LogP contribution in [0.3, 0.4) is 0 Å². The number of nitrogens with one attached hydrogen (secondary N) is 2. The van der Waals surface area contributed by atoms with Crippen molar-refractivity contribution in [3.05, 3.63) is 35.9 Å². The summed E-state index contributed by atoms with van der Waals surface area (Å²) in [5.41, 5.74) is 0.183. The minimum absolute atomic E-state index is 0.0753. The fourth-order valence-corrected chi connectivity index (χ4v) is 3.16. The lowest BCUT2D eigenvalue weighted by molar-refractivity contribution is -0.287. The number of hydrogen-bond donors (Lipinski definition) is 2. The minimum Gasteiger partial charge on any atom is -0.445 e. The molecule has 0 aromatic heterocycles. The van der Waals surface area contributed by atoms with Gasteiger partial charge < -0.3 is 15.4 Å². The van der Waals surface area contributed by atoms with Crippen molar-refractivity contribution in [1.82, 2.24) is 10.6 Å². The third kappa shape index (κ3) is 13.6. The van der Waals surface area contributed by atoms with E-state index in [-0.39, 0.29) is 25.0 Å². The van der Waals surface area contributed by atoms with E-state index in [1.54, 1.807) is 0 Å². The molecular weight excluding hydrogens is 469 g/mol. The molecule has 1 aromatic rings. The lowest BCUT2D eigenvalue weighted by Gasteiger charge is -2.30. The fraction of sp³-hybridized carbons (Fsp3) is 0.625. The predicted octanol–water partition coefficient (Wildman–Crippen LogP) is 4.68. The average molecular weight is 505 g/mol. The molecule has 35 heavy (non-hydrogen) atoms. The molecule has 1 aromatic carbocycles. The molecule has 11 heteroatoms. The molecule has 0 aliphatic heterocycles. The van der Waals surface area contributed by atoms with Gasteiger partial charge in [-0.05, 0) is 29.2 Å². The predicted molar refractivity (Wildman–Crippen MR) is 122 cm³/mol. The molecule has 0 aliphatic carbocycles. The maximum Gasteiger partial charge on any atom is 0.495 e. The van der Waals surface area contributed by atoms with Gasteiger partial charge in [-0.15, -0.1) is 0 Å². The Morgan fingerprint density at radius 3 is 1.97 bits per heavy atom. The summed E-state index contributed by atoms with van der Waals surface area (Å²) in [7, 11) is 0. The van der Waals surface area contributed by atoms with E-state index >= 15 is 0 Å². The molecule has 0 aliphatic rings. The molecule has 0 saturated carbocycles. The van der Waals surface area contributed by atoms with E-state index in [0.717, 1.165) is 5.56 Å². The Bertz CT molecular complexity index is 832. The van der Waals surface area contributed by atoms with Crippen LogP contribution < -0.4 is 10.6 Å². The molecule has 1 unspecified atom stereocenters. The van der Waals surface area contributed by atoms with Crippen molar-refractivity contribution in [3.8, 4) is 0 Å². The summed E-state index contributed by atoms with van der Waals surface area (Å²) < 4.78 is 42.3. The fourth-order valence-electron chi connectivity index (χ4n) is 3.16. The zero-order valence-corrected chi connectivity index (χ0v) is 21.0. The molecule has 8 nitrogen and oxygen atoms in total. The van der Waals surface area contributed by atoms with Gasteiger partial charge in [-0.3, -0.25) is 0 Å². The van der Waals surface area contributed by atoms with Gasteiger partial charge in [-0.1, -0.05) is 71.9 Å². The van der Waals surface area contributed by atoms with Crippen LogP contribution in [-0.2, 0) is 30.7 Å². The van der Waals surface area contributed by atoms with Gasteiger partial charge in [0, 0.05) is 12.6 Å². The number of hydrogen-bond acceptors (Lipinski definition) is 7. The molecular formula is C24H35F3N2O6.